The first-order valence-corrected chi connectivity index (χ1v) is 13.0. The van der Waals surface area contributed by atoms with E-state index in [4.69, 9.17) is 5.73 Å². The van der Waals surface area contributed by atoms with Gasteiger partial charge in [0.25, 0.3) is 0 Å². The second kappa shape index (κ2) is 7.30. The third-order valence-electron chi connectivity index (χ3n) is 8.61. The van der Waals surface area contributed by atoms with E-state index >= 15 is 0 Å². The molecule has 0 aliphatic heterocycles. The highest BCUT2D eigenvalue weighted by atomic mass is 32.2. The van der Waals surface area contributed by atoms with E-state index in [2.05, 4.69) is 41.9 Å². The van der Waals surface area contributed by atoms with Crippen LogP contribution in [-0.2, 0) is 10.2 Å². The molecular formula is C25H36N2OS. The largest absolute Gasteiger partial charge is 0.353 e. The maximum absolute atomic E-state index is 13.8. The molecule has 3 nitrogen and oxygen atoms in total. The lowest BCUT2D eigenvalue weighted by molar-refractivity contribution is -0.160. The Balaban J connectivity index is 1.46. The van der Waals surface area contributed by atoms with E-state index in [9.17, 15) is 4.79 Å². The van der Waals surface area contributed by atoms with Gasteiger partial charge in [-0.1, -0.05) is 30.3 Å². The number of hydrogen-bond acceptors (Lipinski definition) is 3. The van der Waals surface area contributed by atoms with Crippen molar-refractivity contribution in [3.8, 4) is 0 Å². The molecule has 4 bridgehead atoms. The molecule has 1 amide bonds. The summed E-state index contributed by atoms with van der Waals surface area (Å²) >= 11 is 1.98. The van der Waals surface area contributed by atoms with E-state index in [0.29, 0.717) is 29.3 Å². The van der Waals surface area contributed by atoms with Crippen LogP contribution in [-0.4, -0.2) is 30.0 Å². The normalized spacial score (nSPS) is 43.3. The fourth-order valence-electron chi connectivity index (χ4n) is 8.07. The second-order valence-corrected chi connectivity index (χ2v) is 11.8. The maximum atomic E-state index is 13.8. The van der Waals surface area contributed by atoms with Crippen LogP contribution in [0, 0.1) is 16.7 Å². The Bertz CT molecular complexity index is 761. The highest BCUT2D eigenvalue weighted by molar-refractivity contribution is 7.98. The molecule has 4 unspecified atom stereocenters. The van der Waals surface area contributed by atoms with Gasteiger partial charge in [0, 0.05) is 12.1 Å². The summed E-state index contributed by atoms with van der Waals surface area (Å²) in [7, 11) is 0. The average molecular weight is 413 g/mol. The van der Waals surface area contributed by atoms with Crippen LogP contribution in [0.2, 0.25) is 0 Å². The van der Waals surface area contributed by atoms with Crippen molar-refractivity contribution in [2.75, 3.05) is 12.0 Å². The summed E-state index contributed by atoms with van der Waals surface area (Å²) in [6.07, 6.45) is 13.6. The second-order valence-electron chi connectivity index (χ2n) is 11.0. The molecule has 0 radical (unpaired) electrons. The zero-order valence-electron chi connectivity index (χ0n) is 17.8. The Morgan fingerprint density at radius 1 is 1.07 bits per heavy atom. The molecule has 0 saturated heterocycles. The monoisotopic (exact) mass is 412 g/mol. The lowest BCUT2D eigenvalue weighted by Crippen LogP contribution is -2.64. The van der Waals surface area contributed by atoms with Gasteiger partial charge < -0.3 is 11.1 Å². The molecule has 5 saturated carbocycles. The summed E-state index contributed by atoms with van der Waals surface area (Å²) in [5.41, 5.74) is 7.94. The van der Waals surface area contributed by atoms with Crippen molar-refractivity contribution < 1.29 is 4.79 Å². The smallest absolute Gasteiger partial charge is 0.226 e. The number of rotatable bonds is 5. The fraction of sp³-hybridized carbons (Fsp3) is 0.720. The Kier molecular flexibility index (Phi) is 5.02. The Hall–Kier alpha value is -1.00. The van der Waals surface area contributed by atoms with E-state index in [0.717, 1.165) is 44.9 Å². The predicted octanol–water partition coefficient (Wildman–Crippen LogP) is 4.64. The quantitative estimate of drug-likeness (QED) is 0.740. The molecule has 1 aromatic rings. The number of thioether (sulfide) groups is 1. The number of amides is 1. The molecule has 158 valence electrons. The van der Waals surface area contributed by atoms with Gasteiger partial charge in [-0.15, -0.1) is 0 Å². The van der Waals surface area contributed by atoms with Crippen LogP contribution in [0.5, 0.6) is 0 Å². The van der Waals surface area contributed by atoms with Crippen molar-refractivity contribution in [3.05, 3.63) is 35.9 Å². The predicted molar refractivity (Wildman–Crippen MR) is 121 cm³/mol. The van der Waals surface area contributed by atoms with Crippen molar-refractivity contribution >= 4 is 17.7 Å². The van der Waals surface area contributed by atoms with Gasteiger partial charge >= 0.3 is 0 Å². The van der Waals surface area contributed by atoms with Crippen LogP contribution in [0.25, 0.3) is 0 Å². The van der Waals surface area contributed by atoms with Gasteiger partial charge in [0.1, 0.15) is 0 Å². The van der Waals surface area contributed by atoms with Crippen LogP contribution < -0.4 is 11.1 Å². The number of carbonyl (C=O) groups is 1. The molecule has 5 aliphatic rings. The van der Waals surface area contributed by atoms with Crippen molar-refractivity contribution in [2.24, 2.45) is 22.5 Å². The molecule has 6 rings (SSSR count). The molecule has 0 heterocycles. The summed E-state index contributed by atoms with van der Waals surface area (Å²) in [5.74, 6) is 2.27. The molecule has 5 fully saturated rings. The number of hydrogen-bond donors (Lipinski definition) is 2. The number of benzene rings is 1. The first-order valence-electron chi connectivity index (χ1n) is 11.6. The highest BCUT2D eigenvalue weighted by Crippen LogP contribution is 2.70. The molecule has 0 spiro atoms. The zero-order valence-corrected chi connectivity index (χ0v) is 18.6. The SMILES string of the molecule is CSCC12CC3CC(C(=O)N[C@H]4CC[C@H](N)CC4)(C1)CC(c1ccccc1)(C3)C2. The summed E-state index contributed by atoms with van der Waals surface area (Å²) in [5, 5.41) is 3.52. The van der Waals surface area contributed by atoms with E-state index in [1.54, 1.807) is 0 Å². The van der Waals surface area contributed by atoms with E-state index in [1.165, 1.54) is 30.6 Å². The van der Waals surface area contributed by atoms with Crippen molar-refractivity contribution in [1.82, 2.24) is 5.32 Å². The van der Waals surface area contributed by atoms with Crippen molar-refractivity contribution in [3.63, 3.8) is 0 Å². The number of nitrogens with one attached hydrogen (secondary N) is 1. The molecular weight excluding hydrogens is 376 g/mol. The van der Waals surface area contributed by atoms with Crippen LogP contribution in [0.1, 0.15) is 69.8 Å². The first kappa shape index (κ1) is 19.9. The van der Waals surface area contributed by atoms with Gasteiger partial charge in [-0.3, -0.25) is 4.79 Å². The molecule has 4 atom stereocenters. The van der Waals surface area contributed by atoms with Crippen LogP contribution in [0.3, 0.4) is 0 Å². The Morgan fingerprint density at radius 3 is 2.55 bits per heavy atom. The zero-order chi connectivity index (χ0) is 20.1. The third-order valence-corrected chi connectivity index (χ3v) is 9.51. The third kappa shape index (κ3) is 3.44. The Labute approximate surface area is 180 Å². The molecule has 29 heavy (non-hydrogen) atoms. The lowest BCUT2D eigenvalue weighted by Gasteiger charge is -2.66. The highest BCUT2D eigenvalue weighted by Gasteiger charge is 2.65. The van der Waals surface area contributed by atoms with Crippen LogP contribution in [0.15, 0.2) is 30.3 Å². The van der Waals surface area contributed by atoms with E-state index in [1.807, 2.05) is 11.8 Å². The lowest BCUT2D eigenvalue weighted by atomic mass is 9.38. The van der Waals surface area contributed by atoms with Crippen molar-refractivity contribution in [1.29, 1.82) is 0 Å². The summed E-state index contributed by atoms with van der Waals surface area (Å²) < 4.78 is 0. The molecule has 0 aromatic heterocycles. The standard InChI is InChI=1S/C25H36N2OS/c1-29-17-23-11-18-12-24(14-23,19-5-3-2-4-6-19)16-25(13-18,15-23)22(28)27-21-9-7-20(26)8-10-21/h2-6,18,20-21H,7-17,26H2,1H3,(H,27,28)/t18?,20-,21-,23?,24?,25?. The molecule has 4 heteroatoms. The van der Waals surface area contributed by atoms with E-state index < -0.39 is 0 Å². The van der Waals surface area contributed by atoms with Gasteiger partial charge in [-0.05, 0) is 98.5 Å². The Morgan fingerprint density at radius 2 is 1.83 bits per heavy atom. The number of nitrogens with two attached hydrogens (primary N) is 1. The summed E-state index contributed by atoms with van der Waals surface area (Å²) in [6, 6.07) is 11.8. The molecule has 1 aromatic carbocycles. The molecule has 3 N–H and O–H groups in total. The average Bonchev–Trinajstić information content (AvgIpc) is 2.69. The minimum absolute atomic E-state index is 0.162. The topological polar surface area (TPSA) is 55.1 Å². The fourth-order valence-corrected chi connectivity index (χ4v) is 9.01. The number of carbonyl (C=O) groups excluding carboxylic acids is 1. The summed E-state index contributed by atoms with van der Waals surface area (Å²) in [4.78, 5) is 13.8. The first-order chi connectivity index (χ1) is 14.0. The van der Waals surface area contributed by atoms with Gasteiger partial charge in [-0.25, -0.2) is 0 Å². The van der Waals surface area contributed by atoms with E-state index in [-0.39, 0.29) is 10.8 Å². The minimum Gasteiger partial charge on any atom is -0.353 e. The maximum Gasteiger partial charge on any atom is 0.226 e. The minimum atomic E-state index is -0.162. The van der Waals surface area contributed by atoms with Crippen LogP contribution in [0.4, 0.5) is 0 Å². The summed E-state index contributed by atoms with van der Waals surface area (Å²) in [6.45, 7) is 0. The molecule has 5 aliphatic carbocycles. The van der Waals surface area contributed by atoms with Crippen LogP contribution >= 0.6 is 11.8 Å². The van der Waals surface area contributed by atoms with Gasteiger partial charge in [0.05, 0.1) is 5.41 Å². The van der Waals surface area contributed by atoms with Gasteiger partial charge in [-0.2, -0.15) is 11.8 Å². The van der Waals surface area contributed by atoms with Crippen molar-refractivity contribution in [2.45, 2.75) is 81.7 Å². The van der Waals surface area contributed by atoms with Gasteiger partial charge in [0.15, 0.2) is 0 Å². The van der Waals surface area contributed by atoms with Gasteiger partial charge in [0.2, 0.25) is 5.91 Å².